The molecule has 3 heterocycles. The number of nitrogens with one attached hydrogen (secondary N) is 1. The highest BCUT2D eigenvalue weighted by molar-refractivity contribution is 5.80. The number of rotatable bonds is 8. The minimum Gasteiger partial charge on any atom is -0.444 e. The van der Waals surface area contributed by atoms with E-state index in [1.54, 1.807) is 0 Å². The second kappa shape index (κ2) is 11.3. The standard InChI is InChI=1S/C29H44N2O4/c1-28(2,3)35-27(33)30-17-8-5-10-22-11-9-12-24(20-22)34-26(32)29(15-6-4-7-16-29)25-21-31-18-13-23(25)14-19-31/h9,11-12,20,23,25H,4-8,10,13-19,21H2,1-3H3,(H,30,33)/t25-/m1/s1. The average molecular weight is 485 g/mol. The van der Waals surface area contributed by atoms with Crippen LogP contribution in [0.25, 0.3) is 0 Å². The van der Waals surface area contributed by atoms with Crippen LogP contribution in [0.15, 0.2) is 24.3 Å². The van der Waals surface area contributed by atoms with Gasteiger partial charge in [-0.05, 0) is 108 Å². The lowest BCUT2D eigenvalue weighted by molar-refractivity contribution is -0.159. The molecule has 0 unspecified atom stereocenters. The zero-order chi connectivity index (χ0) is 24.9. The van der Waals surface area contributed by atoms with E-state index in [9.17, 15) is 9.59 Å². The Balaban J connectivity index is 1.31. The van der Waals surface area contributed by atoms with Gasteiger partial charge in [-0.2, -0.15) is 0 Å². The lowest BCUT2D eigenvalue weighted by Gasteiger charge is -2.53. The molecule has 35 heavy (non-hydrogen) atoms. The van der Waals surface area contributed by atoms with E-state index in [1.165, 1.54) is 32.4 Å². The molecule has 5 rings (SSSR count). The number of esters is 1. The zero-order valence-electron chi connectivity index (χ0n) is 21.9. The number of carbonyl (C=O) groups is 2. The topological polar surface area (TPSA) is 67.9 Å². The Morgan fingerprint density at radius 2 is 1.83 bits per heavy atom. The maximum atomic E-state index is 13.7. The van der Waals surface area contributed by atoms with E-state index in [2.05, 4.69) is 16.3 Å². The van der Waals surface area contributed by atoms with Crippen LogP contribution in [0.3, 0.4) is 0 Å². The fourth-order valence-corrected chi connectivity index (χ4v) is 6.43. The minimum atomic E-state index is -0.480. The Bertz CT molecular complexity index is 864. The van der Waals surface area contributed by atoms with Crippen LogP contribution in [-0.4, -0.2) is 48.7 Å². The summed E-state index contributed by atoms with van der Waals surface area (Å²) >= 11 is 0. The number of nitrogens with zero attached hydrogens (tertiary/aromatic N) is 1. The van der Waals surface area contributed by atoms with E-state index in [0.29, 0.717) is 24.1 Å². The van der Waals surface area contributed by atoms with Crippen molar-refractivity contribution in [3.63, 3.8) is 0 Å². The summed E-state index contributed by atoms with van der Waals surface area (Å²) in [6, 6.07) is 8.01. The number of unbranched alkanes of at least 4 members (excludes halogenated alkanes) is 1. The summed E-state index contributed by atoms with van der Waals surface area (Å²) in [7, 11) is 0. The van der Waals surface area contributed by atoms with Crippen molar-refractivity contribution in [1.82, 2.24) is 10.2 Å². The number of amides is 1. The number of benzene rings is 1. The van der Waals surface area contributed by atoms with Crippen LogP contribution in [0.1, 0.15) is 84.1 Å². The quantitative estimate of drug-likeness (QED) is 0.290. The van der Waals surface area contributed by atoms with Crippen molar-refractivity contribution in [3.05, 3.63) is 29.8 Å². The first-order valence-corrected chi connectivity index (χ1v) is 13.8. The van der Waals surface area contributed by atoms with Crippen LogP contribution in [0.2, 0.25) is 0 Å². The Hall–Kier alpha value is -2.08. The molecule has 3 aliphatic heterocycles. The van der Waals surface area contributed by atoms with Gasteiger partial charge >= 0.3 is 12.1 Å². The monoisotopic (exact) mass is 484 g/mol. The molecule has 0 spiro atoms. The maximum absolute atomic E-state index is 13.7. The third kappa shape index (κ3) is 6.78. The third-order valence-corrected chi connectivity index (χ3v) is 8.19. The molecule has 6 nitrogen and oxygen atoms in total. The SMILES string of the molecule is CC(C)(C)OC(=O)NCCCCc1cccc(OC(=O)C2([C@@H]3CN4CCC3CC4)CCCCC2)c1. The van der Waals surface area contributed by atoms with Crippen molar-refractivity contribution in [2.24, 2.45) is 17.3 Å². The molecule has 1 amide bonds. The van der Waals surface area contributed by atoms with Crippen molar-refractivity contribution < 1.29 is 19.1 Å². The summed E-state index contributed by atoms with van der Waals surface area (Å²) in [5, 5.41) is 2.81. The zero-order valence-corrected chi connectivity index (χ0v) is 21.9. The molecule has 4 fully saturated rings. The maximum Gasteiger partial charge on any atom is 0.407 e. The van der Waals surface area contributed by atoms with Crippen LogP contribution in [-0.2, 0) is 16.0 Å². The fraction of sp³-hybridized carbons (Fsp3) is 0.724. The molecule has 1 saturated carbocycles. The van der Waals surface area contributed by atoms with Crippen molar-refractivity contribution in [1.29, 1.82) is 0 Å². The number of ether oxygens (including phenoxy) is 2. The van der Waals surface area contributed by atoms with Gasteiger partial charge in [0.1, 0.15) is 11.4 Å². The van der Waals surface area contributed by atoms with Crippen molar-refractivity contribution in [3.8, 4) is 5.75 Å². The molecule has 194 valence electrons. The van der Waals surface area contributed by atoms with Gasteiger partial charge in [0.25, 0.3) is 0 Å². The van der Waals surface area contributed by atoms with Gasteiger partial charge in [0.2, 0.25) is 0 Å². The number of hydrogen-bond donors (Lipinski definition) is 1. The molecule has 6 heteroatoms. The van der Waals surface area contributed by atoms with E-state index < -0.39 is 5.60 Å². The Labute approximate surface area is 211 Å². The fourth-order valence-electron chi connectivity index (χ4n) is 6.43. The van der Waals surface area contributed by atoms with E-state index in [1.807, 2.05) is 39.0 Å². The molecular formula is C29H44N2O4. The van der Waals surface area contributed by atoms with Gasteiger partial charge in [-0.3, -0.25) is 4.79 Å². The van der Waals surface area contributed by atoms with E-state index >= 15 is 0 Å². The van der Waals surface area contributed by atoms with E-state index in [0.717, 1.165) is 57.1 Å². The molecule has 1 aliphatic carbocycles. The largest absolute Gasteiger partial charge is 0.444 e. The Morgan fingerprint density at radius 1 is 1.09 bits per heavy atom. The second-order valence-corrected chi connectivity index (χ2v) is 11.9. The van der Waals surface area contributed by atoms with Crippen LogP contribution >= 0.6 is 0 Å². The number of fused-ring (bicyclic) bond motifs is 3. The summed E-state index contributed by atoms with van der Waals surface area (Å²) in [4.78, 5) is 28.1. The molecular weight excluding hydrogens is 440 g/mol. The number of hydrogen-bond acceptors (Lipinski definition) is 5. The molecule has 1 aromatic rings. The molecule has 1 aromatic carbocycles. The van der Waals surface area contributed by atoms with Crippen LogP contribution in [0, 0.1) is 17.3 Å². The van der Waals surface area contributed by atoms with Crippen molar-refractivity contribution >= 4 is 12.1 Å². The highest BCUT2D eigenvalue weighted by Gasteiger charge is 2.53. The van der Waals surface area contributed by atoms with Crippen molar-refractivity contribution in [2.45, 2.75) is 90.6 Å². The van der Waals surface area contributed by atoms with E-state index in [-0.39, 0.29) is 17.5 Å². The summed E-state index contributed by atoms with van der Waals surface area (Å²) in [6.07, 6.45) is 10.2. The first-order valence-electron chi connectivity index (χ1n) is 13.8. The van der Waals surface area contributed by atoms with Gasteiger partial charge in [0.15, 0.2) is 0 Å². The van der Waals surface area contributed by atoms with Gasteiger partial charge in [-0.1, -0.05) is 31.4 Å². The summed E-state index contributed by atoms with van der Waals surface area (Å²) < 4.78 is 11.4. The number of alkyl carbamates (subject to hydrolysis) is 1. The first-order chi connectivity index (χ1) is 16.7. The predicted octanol–water partition coefficient (Wildman–Crippen LogP) is 5.73. The van der Waals surface area contributed by atoms with E-state index in [4.69, 9.17) is 9.47 Å². The van der Waals surface area contributed by atoms with Crippen molar-refractivity contribution in [2.75, 3.05) is 26.2 Å². The number of aryl methyl sites for hydroxylation is 1. The molecule has 1 N–H and O–H groups in total. The number of piperidine rings is 3. The van der Waals surface area contributed by atoms with Crippen LogP contribution in [0.4, 0.5) is 4.79 Å². The number of carbonyl (C=O) groups excluding carboxylic acids is 2. The lowest BCUT2D eigenvalue weighted by Crippen LogP contribution is -2.57. The van der Waals surface area contributed by atoms with Crippen LogP contribution in [0.5, 0.6) is 5.75 Å². The molecule has 2 bridgehead atoms. The van der Waals surface area contributed by atoms with Gasteiger partial charge < -0.3 is 19.7 Å². The molecule has 0 radical (unpaired) electrons. The summed E-state index contributed by atoms with van der Waals surface area (Å²) in [5.41, 5.74) is 0.366. The first kappa shape index (κ1) is 26.0. The highest BCUT2D eigenvalue weighted by atomic mass is 16.6. The third-order valence-electron chi connectivity index (χ3n) is 8.19. The highest BCUT2D eigenvalue weighted by Crippen LogP contribution is 2.51. The minimum absolute atomic E-state index is 0.00895. The smallest absolute Gasteiger partial charge is 0.407 e. The summed E-state index contributed by atoms with van der Waals surface area (Å²) in [6.45, 7) is 9.63. The Kier molecular flexibility index (Phi) is 8.41. The van der Waals surface area contributed by atoms with Gasteiger partial charge in [-0.25, -0.2) is 4.79 Å². The molecule has 0 aromatic heterocycles. The Morgan fingerprint density at radius 3 is 2.49 bits per heavy atom. The van der Waals surface area contributed by atoms with Gasteiger partial charge in [-0.15, -0.1) is 0 Å². The normalized spacial score (nSPS) is 25.6. The van der Waals surface area contributed by atoms with Gasteiger partial charge in [0.05, 0.1) is 5.41 Å². The predicted molar refractivity (Wildman–Crippen MR) is 137 cm³/mol. The molecule has 4 aliphatic rings. The molecule has 1 atom stereocenters. The molecule has 3 saturated heterocycles. The average Bonchev–Trinajstić information content (AvgIpc) is 2.84. The lowest BCUT2D eigenvalue weighted by atomic mass is 9.58. The summed E-state index contributed by atoms with van der Waals surface area (Å²) in [5.74, 6) is 1.80. The second-order valence-electron chi connectivity index (χ2n) is 11.9. The van der Waals surface area contributed by atoms with Crippen LogP contribution < -0.4 is 10.1 Å². The van der Waals surface area contributed by atoms with Gasteiger partial charge in [0, 0.05) is 13.1 Å².